The van der Waals surface area contributed by atoms with Gasteiger partial charge in [-0.2, -0.15) is 0 Å². The average Bonchev–Trinajstić information content (AvgIpc) is 2.50. The minimum absolute atomic E-state index is 0.431. The van der Waals surface area contributed by atoms with Gasteiger partial charge >= 0.3 is 5.97 Å². The van der Waals surface area contributed by atoms with Crippen molar-refractivity contribution < 1.29 is 9.90 Å². The van der Waals surface area contributed by atoms with E-state index in [1.807, 2.05) is 31.2 Å². The number of carboxylic acid groups (broad SMARTS) is 1. The molecule has 0 fully saturated rings. The molecule has 106 valence electrons. The molecule has 0 spiro atoms. The van der Waals surface area contributed by atoms with Gasteiger partial charge in [-0.05, 0) is 45.7 Å². The van der Waals surface area contributed by atoms with E-state index in [9.17, 15) is 9.90 Å². The van der Waals surface area contributed by atoms with Crippen molar-refractivity contribution in [2.75, 3.05) is 0 Å². The Morgan fingerprint density at radius 3 is 2.33 bits per heavy atom. The van der Waals surface area contributed by atoms with Crippen LogP contribution in [0.5, 0.6) is 0 Å². The zero-order valence-electron chi connectivity index (χ0n) is 12.0. The predicted molar refractivity (Wildman–Crippen MR) is 86.7 cm³/mol. The van der Waals surface area contributed by atoms with E-state index in [-0.39, 0.29) is 0 Å². The second-order valence-electron chi connectivity index (χ2n) is 5.45. The van der Waals surface area contributed by atoms with Crippen LogP contribution in [0.1, 0.15) is 31.2 Å². The van der Waals surface area contributed by atoms with E-state index < -0.39 is 11.9 Å². The lowest BCUT2D eigenvalue weighted by Crippen LogP contribution is -2.11. The Labute approximate surface area is 124 Å². The number of benzene rings is 3. The van der Waals surface area contributed by atoms with Gasteiger partial charge in [0, 0.05) is 0 Å². The standard InChI is InChI=1S/C19H18O2/c1-2-6-17(19(20)21)16-10-5-9-15-11-13-7-3-4-8-14(13)12-18(15)16/h3-5,7-12,17H,2,6H2,1H3,(H,20,21). The first-order valence-corrected chi connectivity index (χ1v) is 7.35. The van der Waals surface area contributed by atoms with Crippen molar-refractivity contribution in [2.24, 2.45) is 0 Å². The van der Waals surface area contributed by atoms with Gasteiger partial charge in [-0.15, -0.1) is 0 Å². The summed E-state index contributed by atoms with van der Waals surface area (Å²) >= 11 is 0. The molecule has 0 amide bonds. The fraction of sp³-hybridized carbons (Fsp3) is 0.211. The highest BCUT2D eigenvalue weighted by Crippen LogP contribution is 2.31. The van der Waals surface area contributed by atoms with Gasteiger partial charge in [0.15, 0.2) is 0 Å². The highest BCUT2D eigenvalue weighted by atomic mass is 16.4. The summed E-state index contributed by atoms with van der Waals surface area (Å²) in [6.45, 7) is 2.02. The molecule has 3 aromatic rings. The molecule has 0 heterocycles. The Hall–Kier alpha value is -2.35. The molecular weight excluding hydrogens is 260 g/mol. The highest BCUT2D eigenvalue weighted by Gasteiger charge is 2.20. The van der Waals surface area contributed by atoms with E-state index >= 15 is 0 Å². The largest absolute Gasteiger partial charge is 0.481 e. The maximum absolute atomic E-state index is 11.6. The van der Waals surface area contributed by atoms with E-state index in [2.05, 4.69) is 30.3 Å². The zero-order valence-corrected chi connectivity index (χ0v) is 12.0. The van der Waals surface area contributed by atoms with E-state index in [1.54, 1.807) is 0 Å². The molecule has 3 rings (SSSR count). The monoisotopic (exact) mass is 278 g/mol. The molecule has 0 aliphatic heterocycles. The van der Waals surface area contributed by atoms with Crippen LogP contribution in [-0.2, 0) is 4.79 Å². The quantitative estimate of drug-likeness (QED) is 0.685. The molecule has 1 atom stereocenters. The molecule has 0 aromatic heterocycles. The number of hydrogen-bond donors (Lipinski definition) is 1. The van der Waals surface area contributed by atoms with Gasteiger partial charge in [-0.3, -0.25) is 4.79 Å². The Kier molecular flexibility index (Phi) is 3.61. The number of fused-ring (bicyclic) bond motifs is 2. The van der Waals surface area contributed by atoms with Crippen LogP contribution in [-0.4, -0.2) is 11.1 Å². The first-order valence-electron chi connectivity index (χ1n) is 7.35. The van der Waals surface area contributed by atoms with E-state index in [1.165, 1.54) is 5.39 Å². The van der Waals surface area contributed by atoms with Crippen LogP contribution in [0.15, 0.2) is 54.6 Å². The second kappa shape index (κ2) is 5.57. The lowest BCUT2D eigenvalue weighted by Gasteiger charge is -2.15. The Bertz CT molecular complexity index is 805. The smallest absolute Gasteiger partial charge is 0.310 e. The van der Waals surface area contributed by atoms with Crippen LogP contribution in [0.2, 0.25) is 0 Å². The fourth-order valence-electron chi connectivity index (χ4n) is 3.00. The van der Waals surface area contributed by atoms with Gasteiger partial charge in [-0.1, -0.05) is 55.8 Å². The summed E-state index contributed by atoms with van der Waals surface area (Å²) in [6, 6.07) is 18.4. The maximum atomic E-state index is 11.6. The van der Waals surface area contributed by atoms with Crippen molar-refractivity contribution in [3.8, 4) is 0 Å². The van der Waals surface area contributed by atoms with Gasteiger partial charge in [-0.25, -0.2) is 0 Å². The number of carbonyl (C=O) groups is 1. The Morgan fingerprint density at radius 2 is 1.67 bits per heavy atom. The van der Waals surface area contributed by atoms with Crippen LogP contribution in [0.25, 0.3) is 21.5 Å². The topological polar surface area (TPSA) is 37.3 Å². The molecule has 1 N–H and O–H groups in total. The first-order chi connectivity index (χ1) is 10.2. The molecule has 0 radical (unpaired) electrons. The third-order valence-electron chi connectivity index (χ3n) is 4.03. The van der Waals surface area contributed by atoms with E-state index in [0.29, 0.717) is 6.42 Å². The molecule has 3 aromatic carbocycles. The van der Waals surface area contributed by atoms with Crippen LogP contribution in [0.3, 0.4) is 0 Å². The van der Waals surface area contributed by atoms with Gasteiger partial charge in [0.1, 0.15) is 0 Å². The summed E-state index contributed by atoms with van der Waals surface area (Å²) < 4.78 is 0. The lowest BCUT2D eigenvalue weighted by molar-refractivity contribution is -0.138. The van der Waals surface area contributed by atoms with Crippen LogP contribution < -0.4 is 0 Å². The minimum Gasteiger partial charge on any atom is -0.481 e. The van der Waals surface area contributed by atoms with Gasteiger partial charge in [0.05, 0.1) is 5.92 Å². The summed E-state index contributed by atoms with van der Waals surface area (Å²) in [5, 5.41) is 14.0. The normalized spacial score (nSPS) is 12.6. The van der Waals surface area contributed by atoms with Crippen molar-refractivity contribution >= 4 is 27.5 Å². The van der Waals surface area contributed by atoms with Gasteiger partial charge in [0.2, 0.25) is 0 Å². The van der Waals surface area contributed by atoms with E-state index in [0.717, 1.165) is 28.1 Å². The van der Waals surface area contributed by atoms with Crippen LogP contribution in [0.4, 0.5) is 0 Å². The lowest BCUT2D eigenvalue weighted by atomic mass is 9.89. The molecule has 0 saturated heterocycles. The molecule has 21 heavy (non-hydrogen) atoms. The summed E-state index contributed by atoms with van der Waals surface area (Å²) in [5.41, 5.74) is 0.924. The third-order valence-corrected chi connectivity index (χ3v) is 4.03. The number of rotatable bonds is 4. The van der Waals surface area contributed by atoms with Crippen molar-refractivity contribution in [3.63, 3.8) is 0 Å². The van der Waals surface area contributed by atoms with Crippen molar-refractivity contribution in [1.82, 2.24) is 0 Å². The Balaban J connectivity index is 2.27. The van der Waals surface area contributed by atoms with E-state index in [4.69, 9.17) is 0 Å². The molecule has 0 aliphatic rings. The molecule has 0 aliphatic carbocycles. The van der Waals surface area contributed by atoms with Crippen molar-refractivity contribution in [3.05, 3.63) is 60.2 Å². The third kappa shape index (κ3) is 2.49. The molecular formula is C19H18O2. The van der Waals surface area contributed by atoms with Crippen LogP contribution >= 0.6 is 0 Å². The summed E-state index contributed by atoms with van der Waals surface area (Å²) in [7, 11) is 0. The Morgan fingerprint density at radius 1 is 1.00 bits per heavy atom. The molecule has 2 nitrogen and oxygen atoms in total. The summed E-state index contributed by atoms with van der Waals surface area (Å²) in [5.74, 6) is -1.17. The van der Waals surface area contributed by atoms with Crippen LogP contribution in [0, 0.1) is 0 Å². The molecule has 2 heteroatoms. The number of aliphatic carboxylic acids is 1. The number of carboxylic acids is 1. The molecule has 1 unspecified atom stereocenters. The van der Waals surface area contributed by atoms with Gasteiger partial charge < -0.3 is 5.11 Å². The SMILES string of the molecule is CCCC(C(=O)O)c1cccc2cc3ccccc3cc12. The highest BCUT2D eigenvalue weighted by molar-refractivity contribution is 6.01. The fourth-order valence-corrected chi connectivity index (χ4v) is 3.00. The van der Waals surface area contributed by atoms with Crippen molar-refractivity contribution in [2.45, 2.75) is 25.7 Å². The zero-order chi connectivity index (χ0) is 14.8. The maximum Gasteiger partial charge on any atom is 0.310 e. The molecule has 0 bridgehead atoms. The summed E-state index contributed by atoms with van der Waals surface area (Å²) in [4.78, 5) is 11.6. The minimum atomic E-state index is -0.738. The second-order valence-corrected chi connectivity index (χ2v) is 5.45. The molecule has 0 saturated carbocycles. The predicted octanol–water partition coefficient (Wildman–Crippen LogP) is 4.96. The summed E-state index contributed by atoms with van der Waals surface area (Å²) in [6.07, 6.45) is 1.53. The van der Waals surface area contributed by atoms with Crippen molar-refractivity contribution in [1.29, 1.82) is 0 Å². The first kappa shape index (κ1) is 13.6. The average molecular weight is 278 g/mol. The number of hydrogen-bond acceptors (Lipinski definition) is 1. The van der Waals surface area contributed by atoms with Gasteiger partial charge in [0.25, 0.3) is 0 Å².